The van der Waals surface area contributed by atoms with E-state index in [4.69, 9.17) is 4.74 Å². The third-order valence-corrected chi connectivity index (χ3v) is 8.42. The molecule has 0 saturated carbocycles. The molecule has 0 spiro atoms. The molecule has 0 N–H and O–H groups in total. The molecule has 0 aliphatic carbocycles. The fourth-order valence-electron chi connectivity index (χ4n) is 5.72. The zero-order chi connectivity index (χ0) is 28.1. The second-order valence-corrected chi connectivity index (χ2v) is 12.4. The summed E-state index contributed by atoms with van der Waals surface area (Å²) in [6.07, 6.45) is 35.7. The lowest BCUT2D eigenvalue weighted by Crippen LogP contribution is -2.15. The van der Waals surface area contributed by atoms with Crippen molar-refractivity contribution in [1.82, 2.24) is 0 Å². The van der Waals surface area contributed by atoms with Gasteiger partial charge in [0.2, 0.25) is 0 Å². The SMILES string of the molecule is C=C(C)C(=O)OCC(CCCCCCCCCCCCCCCCCC)CCCC(CCCC)CCCC. The summed E-state index contributed by atoms with van der Waals surface area (Å²) in [5.41, 5.74) is 0.519. The molecule has 0 amide bonds. The summed E-state index contributed by atoms with van der Waals surface area (Å²) in [6, 6.07) is 0. The standard InChI is InChI=1S/C36H70O2/c1-6-9-12-13-14-15-16-17-18-19-20-21-22-23-24-25-29-35(32-38-36(37)33(4)5)31-26-30-34(27-10-7-2)28-11-8-3/h34-35H,4,6-32H2,1-3,5H3. The van der Waals surface area contributed by atoms with E-state index in [-0.39, 0.29) is 5.97 Å². The summed E-state index contributed by atoms with van der Waals surface area (Å²) in [7, 11) is 0. The number of esters is 1. The Bertz CT molecular complexity index is 503. The molecule has 0 aromatic rings. The highest BCUT2D eigenvalue weighted by Crippen LogP contribution is 2.25. The van der Waals surface area contributed by atoms with E-state index >= 15 is 0 Å². The molecule has 0 radical (unpaired) electrons. The molecule has 2 heteroatoms. The molecular formula is C36H70O2. The quantitative estimate of drug-likeness (QED) is 0.0520. The van der Waals surface area contributed by atoms with Crippen molar-refractivity contribution in [1.29, 1.82) is 0 Å². The first-order valence-electron chi connectivity index (χ1n) is 17.4. The van der Waals surface area contributed by atoms with Crippen molar-refractivity contribution in [2.75, 3.05) is 6.61 Å². The number of hydrogen-bond acceptors (Lipinski definition) is 2. The number of carbonyl (C=O) groups excluding carboxylic acids is 1. The third kappa shape index (κ3) is 25.5. The molecule has 0 aliphatic heterocycles. The topological polar surface area (TPSA) is 26.3 Å². The Balaban J connectivity index is 3.99. The summed E-state index contributed by atoms with van der Waals surface area (Å²) >= 11 is 0. The van der Waals surface area contributed by atoms with E-state index in [0.29, 0.717) is 18.1 Å². The maximum Gasteiger partial charge on any atom is 0.333 e. The van der Waals surface area contributed by atoms with Gasteiger partial charge in [-0.25, -0.2) is 4.79 Å². The predicted molar refractivity (Wildman–Crippen MR) is 170 cm³/mol. The summed E-state index contributed by atoms with van der Waals surface area (Å²) < 4.78 is 5.59. The van der Waals surface area contributed by atoms with Crippen LogP contribution in [0.4, 0.5) is 0 Å². The van der Waals surface area contributed by atoms with Gasteiger partial charge in [0.15, 0.2) is 0 Å². The molecule has 38 heavy (non-hydrogen) atoms. The van der Waals surface area contributed by atoms with Crippen LogP contribution >= 0.6 is 0 Å². The first-order valence-corrected chi connectivity index (χ1v) is 17.4. The van der Waals surface area contributed by atoms with E-state index in [2.05, 4.69) is 27.4 Å². The van der Waals surface area contributed by atoms with Gasteiger partial charge in [0.25, 0.3) is 0 Å². The first-order chi connectivity index (χ1) is 18.5. The van der Waals surface area contributed by atoms with Crippen molar-refractivity contribution < 1.29 is 9.53 Å². The zero-order valence-electron chi connectivity index (χ0n) is 26.8. The van der Waals surface area contributed by atoms with Gasteiger partial charge in [-0.15, -0.1) is 0 Å². The molecule has 0 aliphatic rings. The van der Waals surface area contributed by atoms with Crippen molar-refractivity contribution in [3.05, 3.63) is 12.2 Å². The Hall–Kier alpha value is -0.790. The molecule has 226 valence electrons. The van der Waals surface area contributed by atoms with Crippen molar-refractivity contribution in [2.45, 2.75) is 195 Å². The highest BCUT2D eigenvalue weighted by Gasteiger charge is 2.15. The fourth-order valence-corrected chi connectivity index (χ4v) is 5.72. The van der Waals surface area contributed by atoms with E-state index in [1.807, 2.05) is 0 Å². The van der Waals surface area contributed by atoms with Crippen molar-refractivity contribution >= 4 is 5.97 Å². The summed E-state index contributed by atoms with van der Waals surface area (Å²) in [4.78, 5) is 12.0. The van der Waals surface area contributed by atoms with Gasteiger partial charge in [0.05, 0.1) is 6.61 Å². The van der Waals surface area contributed by atoms with Crippen LogP contribution < -0.4 is 0 Å². The normalized spacial score (nSPS) is 12.2. The lowest BCUT2D eigenvalue weighted by molar-refractivity contribution is -0.140. The van der Waals surface area contributed by atoms with Gasteiger partial charge < -0.3 is 4.74 Å². The van der Waals surface area contributed by atoms with Gasteiger partial charge in [-0.2, -0.15) is 0 Å². The first kappa shape index (κ1) is 37.2. The van der Waals surface area contributed by atoms with Crippen LogP contribution in [0.1, 0.15) is 195 Å². The van der Waals surface area contributed by atoms with E-state index in [1.165, 1.54) is 167 Å². The maximum absolute atomic E-state index is 12.0. The number of carbonyl (C=O) groups is 1. The van der Waals surface area contributed by atoms with Crippen LogP contribution in [0.15, 0.2) is 12.2 Å². The van der Waals surface area contributed by atoms with Crippen LogP contribution in [-0.4, -0.2) is 12.6 Å². The molecule has 0 rings (SSSR count). The number of ether oxygens (including phenoxy) is 1. The van der Waals surface area contributed by atoms with Crippen LogP contribution in [0.25, 0.3) is 0 Å². The molecule has 0 saturated heterocycles. The average Bonchev–Trinajstić information content (AvgIpc) is 2.91. The lowest BCUT2D eigenvalue weighted by atomic mass is 9.88. The van der Waals surface area contributed by atoms with Crippen molar-refractivity contribution in [2.24, 2.45) is 11.8 Å². The van der Waals surface area contributed by atoms with Gasteiger partial charge in [0.1, 0.15) is 0 Å². The summed E-state index contributed by atoms with van der Waals surface area (Å²) in [5, 5.41) is 0. The van der Waals surface area contributed by atoms with Crippen LogP contribution in [-0.2, 0) is 9.53 Å². The minimum atomic E-state index is -0.217. The van der Waals surface area contributed by atoms with Gasteiger partial charge in [-0.1, -0.05) is 181 Å². The Morgan fingerprint density at radius 3 is 1.26 bits per heavy atom. The second kappa shape index (κ2) is 29.2. The highest BCUT2D eigenvalue weighted by molar-refractivity contribution is 5.86. The monoisotopic (exact) mass is 535 g/mol. The smallest absolute Gasteiger partial charge is 0.333 e. The van der Waals surface area contributed by atoms with Crippen molar-refractivity contribution in [3.8, 4) is 0 Å². The number of hydrogen-bond donors (Lipinski definition) is 0. The van der Waals surface area contributed by atoms with E-state index in [1.54, 1.807) is 6.92 Å². The van der Waals surface area contributed by atoms with Crippen LogP contribution in [0.5, 0.6) is 0 Å². The van der Waals surface area contributed by atoms with Gasteiger partial charge in [0, 0.05) is 5.57 Å². The van der Waals surface area contributed by atoms with Crippen LogP contribution in [0.3, 0.4) is 0 Å². The Morgan fingerprint density at radius 2 is 0.842 bits per heavy atom. The molecule has 2 nitrogen and oxygen atoms in total. The Kier molecular flexibility index (Phi) is 28.6. The Morgan fingerprint density at radius 1 is 0.500 bits per heavy atom. The van der Waals surface area contributed by atoms with Crippen LogP contribution in [0.2, 0.25) is 0 Å². The third-order valence-electron chi connectivity index (χ3n) is 8.42. The molecule has 1 atom stereocenters. The second-order valence-electron chi connectivity index (χ2n) is 12.4. The lowest BCUT2D eigenvalue weighted by Gasteiger charge is -2.20. The van der Waals surface area contributed by atoms with E-state index < -0.39 is 0 Å². The highest BCUT2D eigenvalue weighted by atomic mass is 16.5. The van der Waals surface area contributed by atoms with Gasteiger partial charge in [-0.05, 0) is 31.6 Å². The van der Waals surface area contributed by atoms with E-state index in [9.17, 15) is 4.79 Å². The van der Waals surface area contributed by atoms with Crippen LogP contribution in [0, 0.1) is 11.8 Å². The molecule has 0 aromatic heterocycles. The maximum atomic E-state index is 12.0. The molecule has 1 unspecified atom stereocenters. The fraction of sp³-hybridized carbons (Fsp3) is 0.917. The summed E-state index contributed by atoms with van der Waals surface area (Å²) in [6.45, 7) is 13.0. The molecule has 0 aromatic carbocycles. The average molecular weight is 535 g/mol. The minimum Gasteiger partial charge on any atom is -0.462 e. The Labute approximate surface area is 240 Å². The molecule has 0 bridgehead atoms. The zero-order valence-corrected chi connectivity index (χ0v) is 26.8. The minimum absolute atomic E-state index is 0.217. The predicted octanol–water partition coefficient (Wildman–Crippen LogP) is 12.5. The molecule has 0 fully saturated rings. The molecule has 0 heterocycles. The van der Waals surface area contributed by atoms with Gasteiger partial charge >= 0.3 is 5.97 Å². The summed E-state index contributed by atoms with van der Waals surface area (Å²) in [5.74, 6) is 1.19. The molecular weight excluding hydrogens is 464 g/mol. The largest absolute Gasteiger partial charge is 0.462 e. The van der Waals surface area contributed by atoms with E-state index in [0.717, 1.165) is 5.92 Å². The van der Waals surface area contributed by atoms with Gasteiger partial charge in [-0.3, -0.25) is 0 Å². The number of rotatable bonds is 30. The van der Waals surface area contributed by atoms with Crippen molar-refractivity contribution in [3.63, 3.8) is 0 Å². The number of unbranched alkanes of at least 4 members (excludes halogenated alkanes) is 17.